The molecule has 3 unspecified atom stereocenters. The van der Waals surface area contributed by atoms with Crippen molar-refractivity contribution in [2.24, 2.45) is 16.7 Å². The molecule has 0 radical (unpaired) electrons. The minimum atomic E-state index is 0.138. The zero-order valence-electron chi connectivity index (χ0n) is 12.3. The number of nitrogens with one attached hydrogen (secondary N) is 2. The fourth-order valence-electron chi connectivity index (χ4n) is 4.33. The summed E-state index contributed by atoms with van der Waals surface area (Å²) in [4.78, 5) is 11.7. The first-order valence-electron chi connectivity index (χ1n) is 7.40. The van der Waals surface area contributed by atoms with Crippen LogP contribution in [0.5, 0.6) is 0 Å². The first-order chi connectivity index (χ1) is 8.40. The normalized spacial score (nSPS) is 36.9. The number of hydrogen-bond acceptors (Lipinski definition) is 2. The highest BCUT2D eigenvalue weighted by Gasteiger charge is 2.58. The smallest absolute Gasteiger partial charge is 0.233 e. The van der Waals surface area contributed by atoms with E-state index < -0.39 is 0 Å². The second-order valence-corrected chi connectivity index (χ2v) is 7.08. The highest BCUT2D eigenvalue weighted by molar-refractivity contribution is 5.78. The molecule has 2 aliphatic carbocycles. The lowest BCUT2D eigenvalue weighted by Crippen LogP contribution is -2.52. The van der Waals surface area contributed by atoms with Crippen LogP contribution < -0.4 is 10.6 Å². The zero-order valence-corrected chi connectivity index (χ0v) is 12.3. The molecule has 0 aliphatic heterocycles. The maximum atomic E-state index is 11.7. The maximum Gasteiger partial charge on any atom is 0.233 e. The fourth-order valence-corrected chi connectivity index (χ4v) is 4.33. The summed E-state index contributed by atoms with van der Waals surface area (Å²) < 4.78 is 0. The number of amides is 1. The van der Waals surface area contributed by atoms with Crippen LogP contribution in [-0.4, -0.2) is 25.0 Å². The van der Waals surface area contributed by atoms with Gasteiger partial charge >= 0.3 is 0 Å². The standard InChI is InChI=1S/C15H28N2O/c1-5-8-16-12(18)10-17-13-14(2,3)11-6-7-15(13,4)9-11/h11,13,17H,5-10H2,1-4H3,(H,16,18). The Balaban J connectivity index is 1.91. The lowest BCUT2D eigenvalue weighted by Gasteiger charge is -2.43. The van der Waals surface area contributed by atoms with Crippen molar-refractivity contribution in [3.63, 3.8) is 0 Å². The Morgan fingerprint density at radius 3 is 2.61 bits per heavy atom. The van der Waals surface area contributed by atoms with Crippen molar-refractivity contribution in [3.8, 4) is 0 Å². The summed E-state index contributed by atoms with van der Waals surface area (Å²) in [5.41, 5.74) is 0.733. The molecular weight excluding hydrogens is 224 g/mol. The van der Waals surface area contributed by atoms with Gasteiger partial charge in [-0.25, -0.2) is 0 Å². The lowest BCUT2D eigenvalue weighted by atomic mass is 9.68. The molecule has 18 heavy (non-hydrogen) atoms. The van der Waals surface area contributed by atoms with Crippen molar-refractivity contribution in [1.82, 2.24) is 10.6 Å². The average Bonchev–Trinajstić information content (AvgIpc) is 2.77. The number of carbonyl (C=O) groups is 1. The SMILES string of the molecule is CCCNC(=O)CNC1C2(C)CCC(C2)C1(C)C. The Kier molecular flexibility index (Phi) is 3.72. The summed E-state index contributed by atoms with van der Waals surface area (Å²) in [6.07, 6.45) is 5.01. The van der Waals surface area contributed by atoms with E-state index >= 15 is 0 Å². The predicted molar refractivity (Wildman–Crippen MR) is 74.3 cm³/mol. The highest BCUT2D eigenvalue weighted by atomic mass is 16.1. The minimum absolute atomic E-state index is 0.138. The van der Waals surface area contributed by atoms with Crippen LogP contribution in [0.4, 0.5) is 0 Å². The Bertz CT molecular complexity index is 322. The number of fused-ring (bicyclic) bond motifs is 2. The summed E-state index contributed by atoms with van der Waals surface area (Å²) in [6.45, 7) is 10.5. The van der Waals surface area contributed by atoms with Crippen LogP contribution in [0.15, 0.2) is 0 Å². The van der Waals surface area contributed by atoms with Gasteiger partial charge in [-0.3, -0.25) is 4.79 Å². The Hall–Kier alpha value is -0.570. The summed E-state index contributed by atoms with van der Waals surface area (Å²) in [6, 6.07) is 0.483. The first kappa shape index (κ1) is 13.9. The van der Waals surface area contributed by atoms with Crippen molar-refractivity contribution in [1.29, 1.82) is 0 Å². The molecule has 2 saturated carbocycles. The molecule has 2 N–H and O–H groups in total. The summed E-state index contributed by atoms with van der Waals surface area (Å²) >= 11 is 0. The third-order valence-electron chi connectivity index (χ3n) is 5.31. The van der Waals surface area contributed by atoms with Crippen molar-refractivity contribution in [2.75, 3.05) is 13.1 Å². The van der Waals surface area contributed by atoms with E-state index in [1.165, 1.54) is 19.3 Å². The maximum absolute atomic E-state index is 11.7. The van der Waals surface area contributed by atoms with Gasteiger partial charge in [0.2, 0.25) is 5.91 Å². The quantitative estimate of drug-likeness (QED) is 0.788. The Labute approximate surface area is 111 Å². The van der Waals surface area contributed by atoms with Gasteiger partial charge in [0.25, 0.3) is 0 Å². The van der Waals surface area contributed by atoms with Crippen LogP contribution in [0.3, 0.4) is 0 Å². The summed E-state index contributed by atoms with van der Waals surface area (Å²) in [5.74, 6) is 0.970. The van der Waals surface area contributed by atoms with Crippen molar-refractivity contribution < 1.29 is 4.79 Å². The third-order valence-corrected chi connectivity index (χ3v) is 5.31. The molecule has 0 aromatic heterocycles. The zero-order chi connectivity index (χ0) is 13.4. The number of rotatable bonds is 5. The van der Waals surface area contributed by atoms with E-state index in [0.717, 1.165) is 18.9 Å². The average molecular weight is 252 g/mol. The molecular formula is C15H28N2O. The molecule has 3 heteroatoms. The van der Waals surface area contributed by atoms with Gasteiger partial charge in [-0.1, -0.05) is 27.7 Å². The van der Waals surface area contributed by atoms with Crippen LogP contribution in [0.1, 0.15) is 53.4 Å². The van der Waals surface area contributed by atoms with Crippen LogP contribution >= 0.6 is 0 Å². The van der Waals surface area contributed by atoms with E-state index in [-0.39, 0.29) is 5.91 Å². The predicted octanol–water partition coefficient (Wildman–Crippen LogP) is 2.32. The molecule has 0 saturated heterocycles. The lowest BCUT2D eigenvalue weighted by molar-refractivity contribution is -0.120. The molecule has 2 aliphatic rings. The first-order valence-corrected chi connectivity index (χ1v) is 7.40. The van der Waals surface area contributed by atoms with E-state index in [1.807, 2.05) is 0 Å². The molecule has 0 spiro atoms. The van der Waals surface area contributed by atoms with E-state index in [0.29, 0.717) is 23.4 Å². The van der Waals surface area contributed by atoms with E-state index in [2.05, 4.69) is 38.3 Å². The minimum Gasteiger partial charge on any atom is -0.355 e. The van der Waals surface area contributed by atoms with E-state index in [9.17, 15) is 4.79 Å². The molecule has 2 fully saturated rings. The molecule has 3 nitrogen and oxygen atoms in total. The molecule has 2 rings (SSSR count). The summed E-state index contributed by atoms with van der Waals surface area (Å²) in [5, 5.41) is 6.48. The highest BCUT2D eigenvalue weighted by Crippen LogP contribution is 2.62. The second kappa shape index (κ2) is 4.84. The van der Waals surface area contributed by atoms with Gasteiger partial charge in [0.15, 0.2) is 0 Å². The van der Waals surface area contributed by atoms with Crippen molar-refractivity contribution in [3.05, 3.63) is 0 Å². The molecule has 0 heterocycles. The van der Waals surface area contributed by atoms with Crippen LogP contribution in [0.2, 0.25) is 0 Å². The van der Waals surface area contributed by atoms with Crippen molar-refractivity contribution in [2.45, 2.75) is 59.4 Å². The van der Waals surface area contributed by atoms with Crippen LogP contribution in [-0.2, 0) is 4.79 Å². The van der Waals surface area contributed by atoms with Gasteiger partial charge in [-0.05, 0) is 42.4 Å². The largest absolute Gasteiger partial charge is 0.355 e. The van der Waals surface area contributed by atoms with E-state index in [1.54, 1.807) is 0 Å². The molecule has 3 atom stereocenters. The monoisotopic (exact) mass is 252 g/mol. The van der Waals surface area contributed by atoms with Crippen LogP contribution in [0, 0.1) is 16.7 Å². The van der Waals surface area contributed by atoms with Gasteiger partial charge < -0.3 is 10.6 Å². The topological polar surface area (TPSA) is 41.1 Å². The second-order valence-electron chi connectivity index (χ2n) is 7.08. The Morgan fingerprint density at radius 1 is 1.33 bits per heavy atom. The Morgan fingerprint density at radius 2 is 2.06 bits per heavy atom. The third kappa shape index (κ3) is 2.29. The van der Waals surface area contributed by atoms with Gasteiger partial charge in [0.1, 0.15) is 0 Å². The number of hydrogen-bond donors (Lipinski definition) is 2. The molecule has 0 aromatic rings. The summed E-state index contributed by atoms with van der Waals surface area (Å²) in [7, 11) is 0. The molecule has 2 bridgehead atoms. The van der Waals surface area contributed by atoms with Crippen LogP contribution in [0.25, 0.3) is 0 Å². The van der Waals surface area contributed by atoms with E-state index in [4.69, 9.17) is 0 Å². The number of carbonyl (C=O) groups excluding carboxylic acids is 1. The van der Waals surface area contributed by atoms with Crippen molar-refractivity contribution >= 4 is 5.91 Å². The molecule has 1 amide bonds. The van der Waals surface area contributed by atoms with Gasteiger partial charge in [-0.15, -0.1) is 0 Å². The van der Waals surface area contributed by atoms with Gasteiger partial charge in [-0.2, -0.15) is 0 Å². The van der Waals surface area contributed by atoms with Gasteiger partial charge in [0.05, 0.1) is 6.54 Å². The van der Waals surface area contributed by atoms with Gasteiger partial charge in [0, 0.05) is 12.6 Å². The molecule has 0 aromatic carbocycles. The molecule has 104 valence electrons. The fraction of sp³-hybridized carbons (Fsp3) is 0.933.